The molecule has 0 bridgehead atoms. The standard InChI is InChI=1S/C22H27NO5/c1-26-11-9-17-5-2-3-6-18(17)13-23-10-12-27-15-19(23)16-28-22-8-4-7-21(25)20(22)14-24/h2-8,14,19,25H,9-13,15-16H2,1H3/t19-/m0/s1. The molecule has 1 N–H and O–H groups in total. The Morgan fingerprint density at radius 3 is 2.82 bits per heavy atom. The molecule has 0 unspecified atom stereocenters. The van der Waals surface area contributed by atoms with Crippen LogP contribution in [0.5, 0.6) is 11.5 Å². The van der Waals surface area contributed by atoms with E-state index in [-0.39, 0.29) is 17.4 Å². The number of phenols is 1. The van der Waals surface area contributed by atoms with Gasteiger partial charge in [0.1, 0.15) is 18.1 Å². The summed E-state index contributed by atoms with van der Waals surface area (Å²) >= 11 is 0. The van der Waals surface area contributed by atoms with E-state index in [4.69, 9.17) is 14.2 Å². The zero-order chi connectivity index (χ0) is 19.8. The fraction of sp³-hybridized carbons (Fsp3) is 0.409. The van der Waals surface area contributed by atoms with E-state index < -0.39 is 0 Å². The molecule has 3 rings (SSSR count). The summed E-state index contributed by atoms with van der Waals surface area (Å²) in [7, 11) is 1.72. The molecule has 150 valence electrons. The minimum Gasteiger partial charge on any atom is -0.507 e. The lowest BCUT2D eigenvalue weighted by atomic mass is 10.0. The van der Waals surface area contributed by atoms with Crippen molar-refractivity contribution in [2.45, 2.75) is 19.0 Å². The van der Waals surface area contributed by atoms with Crippen molar-refractivity contribution < 1.29 is 24.1 Å². The van der Waals surface area contributed by atoms with E-state index in [0.717, 1.165) is 19.5 Å². The van der Waals surface area contributed by atoms with Crippen LogP contribution in [0.25, 0.3) is 0 Å². The minimum atomic E-state index is -0.0729. The first-order valence-electron chi connectivity index (χ1n) is 9.50. The van der Waals surface area contributed by atoms with Crippen molar-refractivity contribution in [2.24, 2.45) is 0 Å². The molecule has 0 saturated carbocycles. The predicted molar refractivity (Wildman–Crippen MR) is 106 cm³/mol. The summed E-state index contributed by atoms with van der Waals surface area (Å²) in [5.41, 5.74) is 2.74. The molecule has 1 heterocycles. The van der Waals surface area contributed by atoms with Crippen LogP contribution in [0, 0.1) is 0 Å². The van der Waals surface area contributed by atoms with Gasteiger partial charge in [0.2, 0.25) is 0 Å². The Kier molecular flexibility index (Phi) is 7.42. The number of benzene rings is 2. The monoisotopic (exact) mass is 385 g/mol. The van der Waals surface area contributed by atoms with E-state index in [9.17, 15) is 9.90 Å². The normalized spacial score (nSPS) is 17.4. The maximum absolute atomic E-state index is 11.2. The molecule has 0 aromatic heterocycles. The van der Waals surface area contributed by atoms with Gasteiger partial charge >= 0.3 is 0 Å². The molecule has 0 spiro atoms. The molecular formula is C22H27NO5. The van der Waals surface area contributed by atoms with Crippen LogP contribution < -0.4 is 4.74 Å². The first kappa shape index (κ1) is 20.3. The number of methoxy groups -OCH3 is 1. The van der Waals surface area contributed by atoms with Crippen LogP contribution in [-0.2, 0) is 22.4 Å². The number of phenolic OH excluding ortho intramolecular Hbond substituents is 1. The lowest BCUT2D eigenvalue weighted by Gasteiger charge is -2.35. The Hall–Kier alpha value is -2.41. The number of rotatable bonds is 9. The molecule has 1 atom stereocenters. The third-order valence-corrected chi connectivity index (χ3v) is 5.01. The third kappa shape index (κ3) is 5.10. The number of hydrogen-bond acceptors (Lipinski definition) is 6. The second kappa shape index (κ2) is 10.2. The average Bonchev–Trinajstić information content (AvgIpc) is 2.72. The number of carbonyl (C=O) groups is 1. The fourth-order valence-electron chi connectivity index (χ4n) is 3.40. The molecule has 0 radical (unpaired) electrons. The Bertz CT molecular complexity index is 779. The topological polar surface area (TPSA) is 68.2 Å². The molecule has 0 amide bonds. The largest absolute Gasteiger partial charge is 0.507 e. The Balaban J connectivity index is 1.68. The van der Waals surface area contributed by atoms with Gasteiger partial charge in [0.25, 0.3) is 0 Å². The quantitative estimate of drug-likeness (QED) is 0.670. The molecule has 1 aliphatic heterocycles. The van der Waals surface area contributed by atoms with E-state index in [0.29, 0.717) is 38.5 Å². The summed E-state index contributed by atoms with van der Waals surface area (Å²) < 4.78 is 16.8. The van der Waals surface area contributed by atoms with Gasteiger partial charge in [0, 0.05) is 20.2 Å². The van der Waals surface area contributed by atoms with Gasteiger partial charge in [0.15, 0.2) is 6.29 Å². The second-order valence-corrected chi connectivity index (χ2v) is 6.83. The zero-order valence-electron chi connectivity index (χ0n) is 16.2. The Labute approximate surface area is 165 Å². The molecule has 6 nitrogen and oxygen atoms in total. The highest BCUT2D eigenvalue weighted by Gasteiger charge is 2.25. The van der Waals surface area contributed by atoms with Crippen LogP contribution in [0.1, 0.15) is 21.5 Å². The van der Waals surface area contributed by atoms with Gasteiger partial charge in [0.05, 0.1) is 31.4 Å². The minimum absolute atomic E-state index is 0.0612. The third-order valence-electron chi connectivity index (χ3n) is 5.01. The zero-order valence-corrected chi connectivity index (χ0v) is 16.2. The molecule has 2 aromatic carbocycles. The smallest absolute Gasteiger partial charge is 0.157 e. The Morgan fingerprint density at radius 1 is 1.21 bits per heavy atom. The van der Waals surface area contributed by atoms with Crippen molar-refractivity contribution in [2.75, 3.05) is 40.1 Å². The van der Waals surface area contributed by atoms with Gasteiger partial charge in [-0.05, 0) is 29.7 Å². The van der Waals surface area contributed by atoms with Gasteiger partial charge in [-0.3, -0.25) is 9.69 Å². The summed E-state index contributed by atoms with van der Waals surface area (Å²) in [4.78, 5) is 13.6. The number of aldehydes is 1. The highest BCUT2D eigenvalue weighted by Crippen LogP contribution is 2.26. The van der Waals surface area contributed by atoms with Gasteiger partial charge in [-0.2, -0.15) is 0 Å². The number of hydrogen-bond donors (Lipinski definition) is 1. The van der Waals surface area contributed by atoms with Crippen molar-refractivity contribution in [3.63, 3.8) is 0 Å². The molecule has 6 heteroatoms. The molecule has 28 heavy (non-hydrogen) atoms. The number of aromatic hydroxyl groups is 1. The van der Waals surface area contributed by atoms with E-state index in [2.05, 4.69) is 29.2 Å². The van der Waals surface area contributed by atoms with Crippen molar-refractivity contribution >= 4 is 6.29 Å². The predicted octanol–water partition coefficient (Wildman–Crippen LogP) is 2.67. The van der Waals surface area contributed by atoms with Crippen LogP contribution in [0.3, 0.4) is 0 Å². The highest BCUT2D eigenvalue weighted by atomic mass is 16.5. The van der Waals surface area contributed by atoms with Crippen molar-refractivity contribution in [3.05, 3.63) is 59.2 Å². The first-order chi connectivity index (χ1) is 13.7. The van der Waals surface area contributed by atoms with E-state index in [1.807, 2.05) is 0 Å². The van der Waals surface area contributed by atoms with E-state index in [1.165, 1.54) is 17.2 Å². The first-order valence-corrected chi connectivity index (χ1v) is 9.50. The lowest BCUT2D eigenvalue weighted by molar-refractivity contribution is -0.0275. The number of nitrogens with zero attached hydrogens (tertiary/aromatic N) is 1. The SMILES string of the molecule is COCCc1ccccc1CN1CCOC[C@H]1COc1cccc(O)c1C=O. The molecular weight excluding hydrogens is 358 g/mol. The number of carbonyl (C=O) groups excluding carboxylic acids is 1. The highest BCUT2D eigenvalue weighted by molar-refractivity contribution is 5.83. The average molecular weight is 385 g/mol. The molecule has 0 aliphatic carbocycles. The second-order valence-electron chi connectivity index (χ2n) is 6.83. The lowest BCUT2D eigenvalue weighted by Crippen LogP contribution is -2.48. The van der Waals surface area contributed by atoms with Gasteiger partial charge in [-0.1, -0.05) is 30.3 Å². The summed E-state index contributed by atoms with van der Waals surface area (Å²) in [5, 5.41) is 9.82. The van der Waals surface area contributed by atoms with Crippen molar-refractivity contribution in [1.82, 2.24) is 4.90 Å². The summed E-state index contributed by atoms with van der Waals surface area (Å²) in [6, 6.07) is 13.3. The number of morpholine rings is 1. The summed E-state index contributed by atoms with van der Waals surface area (Å²) in [5.74, 6) is 0.317. The molecule has 1 saturated heterocycles. The van der Waals surface area contributed by atoms with Gasteiger partial charge < -0.3 is 19.3 Å². The maximum atomic E-state index is 11.2. The van der Waals surface area contributed by atoms with Crippen molar-refractivity contribution in [1.29, 1.82) is 0 Å². The Morgan fingerprint density at radius 2 is 2.04 bits per heavy atom. The van der Waals surface area contributed by atoms with E-state index >= 15 is 0 Å². The van der Waals surface area contributed by atoms with Crippen LogP contribution in [0.4, 0.5) is 0 Å². The van der Waals surface area contributed by atoms with Crippen LogP contribution in [0.15, 0.2) is 42.5 Å². The van der Waals surface area contributed by atoms with Gasteiger partial charge in [-0.25, -0.2) is 0 Å². The van der Waals surface area contributed by atoms with Crippen LogP contribution in [0.2, 0.25) is 0 Å². The fourth-order valence-corrected chi connectivity index (χ4v) is 3.40. The van der Waals surface area contributed by atoms with Gasteiger partial charge in [-0.15, -0.1) is 0 Å². The van der Waals surface area contributed by atoms with Crippen molar-refractivity contribution in [3.8, 4) is 11.5 Å². The molecule has 1 aliphatic rings. The summed E-state index contributed by atoms with van der Waals surface area (Å²) in [6.45, 7) is 3.94. The van der Waals surface area contributed by atoms with Crippen LogP contribution in [-0.4, -0.2) is 62.4 Å². The summed E-state index contributed by atoms with van der Waals surface area (Å²) in [6.07, 6.45) is 1.50. The molecule has 1 fully saturated rings. The van der Waals surface area contributed by atoms with E-state index in [1.54, 1.807) is 19.2 Å². The number of ether oxygens (including phenoxy) is 3. The maximum Gasteiger partial charge on any atom is 0.157 e. The molecule has 2 aromatic rings. The van der Waals surface area contributed by atoms with Crippen LogP contribution >= 0.6 is 0 Å².